The molecule has 1 heterocycles. The molecule has 0 saturated heterocycles. The van der Waals surface area contributed by atoms with Crippen molar-refractivity contribution in [1.29, 1.82) is 0 Å². The second kappa shape index (κ2) is 12.5. The standard InChI is InChI=1S/C26H27N5O4S2/c1-35-22-13-12-21(18-23(22)37(33,34)28-15-14-19-8-4-2-5-9-19)25(32)27-16-17-36-26-29-24(30-31-26)20-10-6-3-7-11-20/h2-13,18,28H,14-17H2,1H3,(H,27,32)(H,29,30,31). The van der Waals surface area contributed by atoms with Gasteiger partial charge in [-0.15, -0.1) is 5.10 Å². The van der Waals surface area contributed by atoms with Crippen LogP contribution in [0.1, 0.15) is 15.9 Å². The summed E-state index contributed by atoms with van der Waals surface area (Å²) < 4.78 is 33.7. The molecule has 0 unspecified atom stereocenters. The Morgan fingerprint density at radius 1 is 1.00 bits per heavy atom. The van der Waals surface area contributed by atoms with E-state index in [2.05, 4.69) is 25.2 Å². The number of H-pyrrole nitrogens is 1. The third-order valence-corrected chi connectivity index (χ3v) is 7.73. The zero-order valence-corrected chi connectivity index (χ0v) is 21.8. The van der Waals surface area contributed by atoms with Gasteiger partial charge in [-0.3, -0.25) is 9.89 Å². The van der Waals surface area contributed by atoms with Crippen LogP contribution >= 0.6 is 11.8 Å². The number of carbonyl (C=O) groups is 1. The monoisotopic (exact) mass is 537 g/mol. The first-order chi connectivity index (χ1) is 18.0. The molecular formula is C26H27N5O4S2. The number of carbonyl (C=O) groups excluding carboxylic acids is 1. The number of hydrogen-bond acceptors (Lipinski definition) is 7. The molecule has 0 aliphatic carbocycles. The maximum atomic E-state index is 13.0. The maximum Gasteiger partial charge on any atom is 0.251 e. The van der Waals surface area contributed by atoms with Crippen molar-refractivity contribution < 1.29 is 17.9 Å². The first-order valence-corrected chi connectivity index (χ1v) is 14.0. The Bertz CT molecular complexity index is 1430. The summed E-state index contributed by atoms with van der Waals surface area (Å²) in [6.45, 7) is 0.568. The highest BCUT2D eigenvalue weighted by Gasteiger charge is 2.21. The molecule has 3 aromatic carbocycles. The van der Waals surface area contributed by atoms with Crippen molar-refractivity contribution in [3.05, 3.63) is 90.0 Å². The van der Waals surface area contributed by atoms with Crippen LogP contribution in [0.25, 0.3) is 11.4 Å². The number of benzene rings is 3. The summed E-state index contributed by atoms with van der Waals surface area (Å²) in [7, 11) is -2.50. The molecule has 192 valence electrons. The summed E-state index contributed by atoms with van der Waals surface area (Å²) in [4.78, 5) is 17.1. The number of nitrogens with one attached hydrogen (secondary N) is 3. The van der Waals surface area contributed by atoms with Crippen molar-refractivity contribution in [2.24, 2.45) is 0 Å². The second-order valence-corrected chi connectivity index (χ2v) is 10.7. The number of aromatic nitrogens is 3. The maximum absolute atomic E-state index is 13.0. The summed E-state index contributed by atoms with van der Waals surface area (Å²) in [5.74, 6) is 0.999. The lowest BCUT2D eigenvalue weighted by Crippen LogP contribution is -2.28. The second-order valence-electron chi connectivity index (χ2n) is 7.94. The van der Waals surface area contributed by atoms with E-state index >= 15 is 0 Å². The van der Waals surface area contributed by atoms with Gasteiger partial charge in [-0.1, -0.05) is 72.4 Å². The van der Waals surface area contributed by atoms with Crippen molar-refractivity contribution >= 4 is 27.7 Å². The first kappa shape index (κ1) is 26.4. The van der Waals surface area contributed by atoms with Gasteiger partial charge in [0.25, 0.3) is 5.91 Å². The van der Waals surface area contributed by atoms with Gasteiger partial charge in [-0.25, -0.2) is 18.1 Å². The summed E-state index contributed by atoms with van der Waals surface area (Å²) in [6, 6.07) is 23.6. The minimum absolute atomic E-state index is 0.0840. The SMILES string of the molecule is COc1ccc(C(=O)NCCSc2n[nH]c(-c3ccccc3)n2)cc1S(=O)(=O)NCCc1ccccc1. The minimum atomic E-state index is -3.89. The van der Waals surface area contributed by atoms with E-state index in [9.17, 15) is 13.2 Å². The van der Waals surface area contributed by atoms with Crippen LogP contribution in [0.4, 0.5) is 0 Å². The van der Waals surface area contributed by atoms with E-state index in [1.54, 1.807) is 0 Å². The van der Waals surface area contributed by atoms with Crippen LogP contribution in [0, 0.1) is 0 Å². The van der Waals surface area contributed by atoms with Crippen LogP contribution in [-0.4, -0.2) is 55.5 Å². The number of nitrogens with zero attached hydrogens (tertiary/aromatic N) is 2. The van der Waals surface area contributed by atoms with Crippen molar-refractivity contribution in [3.63, 3.8) is 0 Å². The normalized spacial score (nSPS) is 11.3. The number of thioether (sulfide) groups is 1. The van der Waals surface area contributed by atoms with Gasteiger partial charge in [0, 0.05) is 30.0 Å². The fourth-order valence-corrected chi connectivity index (χ4v) is 5.40. The third kappa shape index (κ3) is 7.19. The minimum Gasteiger partial charge on any atom is -0.495 e. The number of sulfonamides is 1. The molecule has 1 amide bonds. The predicted octanol–water partition coefficient (Wildman–Crippen LogP) is 3.52. The van der Waals surface area contributed by atoms with Crippen LogP contribution in [0.5, 0.6) is 5.75 Å². The Morgan fingerprint density at radius 3 is 2.46 bits per heavy atom. The Morgan fingerprint density at radius 2 is 1.73 bits per heavy atom. The van der Waals surface area contributed by atoms with Gasteiger partial charge in [-0.05, 0) is 30.2 Å². The van der Waals surface area contributed by atoms with Crippen molar-refractivity contribution in [1.82, 2.24) is 25.2 Å². The number of hydrogen-bond donors (Lipinski definition) is 3. The van der Waals surface area contributed by atoms with Gasteiger partial charge < -0.3 is 10.1 Å². The zero-order chi connectivity index (χ0) is 26.1. The molecule has 0 aliphatic rings. The third-order valence-electron chi connectivity index (χ3n) is 5.39. The van der Waals surface area contributed by atoms with Crippen LogP contribution in [-0.2, 0) is 16.4 Å². The van der Waals surface area contributed by atoms with E-state index in [1.807, 2.05) is 60.7 Å². The van der Waals surface area contributed by atoms with Gasteiger partial charge in [0.15, 0.2) is 5.82 Å². The molecule has 0 bridgehead atoms. The molecule has 11 heteroatoms. The lowest BCUT2D eigenvalue weighted by Gasteiger charge is -2.13. The average molecular weight is 538 g/mol. The Hall–Kier alpha value is -3.67. The molecule has 0 saturated carbocycles. The van der Waals surface area contributed by atoms with E-state index < -0.39 is 10.0 Å². The van der Waals surface area contributed by atoms with Gasteiger partial charge >= 0.3 is 0 Å². The highest BCUT2D eigenvalue weighted by Crippen LogP contribution is 2.25. The molecular weight excluding hydrogens is 510 g/mol. The lowest BCUT2D eigenvalue weighted by atomic mass is 10.2. The van der Waals surface area contributed by atoms with Crippen molar-refractivity contribution in [2.45, 2.75) is 16.5 Å². The molecule has 3 N–H and O–H groups in total. The fourth-order valence-electron chi connectivity index (χ4n) is 3.53. The smallest absolute Gasteiger partial charge is 0.251 e. The van der Waals surface area contributed by atoms with Crippen LogP contribution in [0.3, 0.4) is 0 Å². The Balaban J connectivity index is 1.32. The van der Waals surface area contributed by atoms with Gasteiger partial charge in [0.2, 0.25) is 15.2 Å². The van der Waals surface area contributed by atoms with E-state index in [4.69, 9.17) is 4.74 Å². The summed E-state index contributed by atoms with van der Waals surface area (Å²) in [5, 5.41) is 10.5. The molecule has 0 spiro atoms. The van der Waals surface area contributed by atoms with Crippen LogP contribution in [0.15, 0.2) is 88.9 Å². The van der Waals surface area contributed by atoms with Crippen molar-refractivity contribution in [3.8, 4) is 17.1 Å². The molecule has 0 atom stereocenters. The highest BCUT2D eigenvalue weighted by molar-refractivity contribution is 7.99. The summed E-state index contributed by atoms with van der Waals surface area (Å²) >= 11 is 1.40. The lowest BCUT2D eigenvalue weighted by molar-refractivity contribution is 0.0956. The van der Waals surface area contributed by atoms with Crippen molar-refractivity contribution in [2.75, 3.05) is 26.0 Å². The van der Waals surface area contributed by atoms with E-state index in [-0.39, 0.29) is 28.7 Å². The molecule has 37 heavy (non-hydrogen) atoms. The highest BCUT2D eigenvalue weighted by atomic mass is 32.2. The molecule has 0 fully saturated rings. The molecule has 9 nitrogen and oxygen atoms in total. The van der Waals surface area contributed by atoms with Gasteiger partial charge in [-0.2, -0.15) is 0 Å². The Labute approximate surface area is 220 Å². The summed E-state index contributed by atoms with van der Waals surface area (Å²) in [6.07, 6.45) is 0.540. The molecule has 4 aromatic rings. The quantitative estimate of drug-likeness (QED) is 0.186. The van der Waals surface area contributed by atoms with Crippen LogP contribution in [0.2, 0.25) is 0 Å². The first-order valence-electron chi connectivity index (χ1n) is 11.6. The van der Waals surface area contributed by atoms with Crippen LogP contribution < -0.4 is 14.8 Å². The summed E-state index contributed by atoms with van der Waals surface area (Å²) in [5.41, 5.74) is 2.18. The molecule has 0 aliphatic heterocycles. The number of ether oxygens (including phenoxy) is 1. The molecule has 1 aromatic heterocycles. The van der Waals surface area contributed by atoms with E-state index in [1.165, 1.54) is 37.1 Å². The predicted molar refractivity (Wildman–Crippen MR) is 143 cm³/mol. The van der Waals surface area contributed by atoms with E-state index in [0.29, 0.717) is 29.7 Å². The largest absolute Gasteiger partial charge is 0.495 e. The number of aromatic amines is 1. The average Bonchev–Trinajstić information content (AvgIpc) is 3.40. The Kier molecular flexibility index (Phi) is 8.94. The molecule has 4 rings (SSSR count). The topological polar surface area (TPSA) is 126 Å². The van der Waals surface area contributed by atoms with E-state index in [0.717, 1.165) is 11.1 Å². The van der Waals surface area contributed by atoms with Gasteiger partial charge in [0.1, 0.15) is 10.6 Å². The zero-order valence-electron chi connectivity index (χ0n) is 20.2. The molecule has 0 radical (unpaired) electrons. The van der Waals surface area contributed by atoms with Gasteiger partial charge in [0.05, 0.1) is 7.11 Å². The number of methoxy groups -OCH3 is 1. The number of amides is 1. The number of rotatable bonds is 12. The fraction of sp³-hybridized carbons (Fsp3) is 0.192.